The first kappa shape index (κ1) is 15.1. The summed E-state index contributed by atoms with van der Waals surface area (Å²) in [7, 11) is 1.40. The van der Waals surface area contributed by atoms with Gasteiger partial charge in [0.1, 0.15) is 5.50 Å². The van der Waals surface area contributed by atoms with Crippen LogP contribution in [0.4, 0.5) is 4.39 Å². The molecule has 2 rings (SSSR count). The molecule has 1 aromatic rings. The first-order chi connectivity index (χ1) is 9.54. The largest absolute Gasteiger partial charge is 0.494 e. The van der Waals surface area contributed by atoms with Crippen LogP contribution in [0.2, 0.25) is 0 Å². The third kappa shape index (κ3) is 2.36. The molecule has 6 heteroatoms. The number of hydrogen-bond acceptors (Lipinski definition) is 3. The highest BCUT2D eigenvalue weighted by Crippen LogP contribution is 2.37. The highest BCUT2D eigenvalue weighted by molar-refractivity contribution is 6.23. The van der Waals surface area contributed by atoms with Crippen molar-refractivity contribution in [1.82, 2.24) is 10.0 Å². The zero-order chi connectivity index (χ0) is 14.9. The maximum Gasteiger partial charge on any atom is 0.247 e. The van der Waals surface area contributed by atoms with Crippen molar-refractivity contribution in [3.8, 4) is 5.75 Å². The molecule has 2 unspecified atom stereocenters. The molecule has 1 heterocycles. The molecule has 0 aliphatic carbocycles. The fourth-order valence-corrected chi connectivity index (χ4v) is 3.06. The number of amides is 1. The van der Waals surface area contributed by atoms with E-state index in [9.17, 15) is 9.18 Å². The molecule has 1 fully saturated rings. The van der Waals surface area contributed by atoms with Crippen molar-refractivity contribution in [3.05, 3.63) is 29.6 Å². The topological polar surface area (TPSA) is 32.8 Å². The molecular weight excluding hydrogens is 283 g/mol. The standard InChI is InChI=1S/C14H18ClFN2O2/c1-4-17-13(15)12(14(19)18(17)5-2)9-6-7-10(16)11(8-9)20-3/h6-8,12-13H,4-5H2,1-3H3. The van der Waals surface area contributed by atoms with Gasteiger partial charge < -0.3 is 4.74 Å². The minimum absolute atomic E-state index is 0.0667. The second-order valence-corrected chi connectivity index (χ2v) is 5.00. The Kier molecular flexibility index (Phi) is 4.50. The Bertz CT molecular complexity index is 512. The summed E-state index contributed by atoms with van der Waals surface area (Å²) in [6.07, 6.45) is 0. The maximum atomic E-state index is 13.5. The number of hydrogen-bond donors (Lipinski definition) is 0. The fraction of sp³-hybridized carbons (Fsp3) is 0.500. The van der Waals surface area contributed by atoms with Gasteiger partial charge in [0.15, 0.2) is 11.6 Å². The van der Waals surface area contributed by atoms with E-state index >= 15 is 0 Å². The van der Waals surface area contributed by atoms with E-state index in [0.717, 1.165) is 0 Å². The molecule has 20 heavy (non-hydrogen) atoms. The normalized spacial score (nSPS) is 23.4. The summed E-state index contributed by atoms with van der Waals surface area (Å²) in [5.74, 6) is -0.904. The van der Waals surface area contributed by atoms with Crippen molar-refractivity contribution in [2.45, 2.75) is 25.3 Å². The third-order valence-corrected chi connectivity index (χ3v) is 4.03. The van der Waals surface area contributed by atoms with Gasteiger partial charge in [-0.1, -0.05) is 13.0 Å². The first-order valence-corrected chi connectivity index (χ1v) is 7.04. The summed E-state index contributed by atoms with van der Waals surface area (Å²) in [5.41, 5.74) is 0.199. The molecule has 2 atom stereocenters. The van der Waals surface area contributed by atoms with Crippen molar-refractivity contribution < 1.29 is 13.9 Å². The molecule has 1 aliphatic heterocycles. The van der Waals surface area contributed by atoms with Gasteiger partial charge >= 0.3 is 0 Å². The molecule has 0 radical (unpaired) electrons. The Labute approximate surface area is 123 Å². The van der Waals surface area contributed by atoms with E-state index in [1.165, 1.54) is 13.2 Å². The number of benzene rings is 1. The number of alkyl halides is 1. The summed E-state index contributed by atoms with van der Waals surface area (Å²) < 4.78 is 18.4. The van der Waals surface area contributed by atoms with Crippen LogP contribution in [0.1, 0.15) is 25.3 Å². The molecule has 110 valence electrons. The van der Waals surface area contributed by atoms with Crippen molar-refractivity contribution in [1.29, 1.82) is 0 Å². The van der Waals surface area contributed by atoms with Crippen LogP contribution >= 0.6 is 11.6 Å². The Morgan fingerprint density at radius 3 is 2.55 bits per heavy atom. The van der Waals surface area contributed by atoms with Gasteiger partial charge in [0, 0.05) is 13.1 Å². The van der Waals surface area contributed by atoms with Gasteiger partial charge in [0.25, 0.3) is 0 Å². The number of nitrogens with zero attached hydrogens (tertiary/aromatic N) is 2. The van der Waals surface area contributed by atoms with Gasteiger partial charge in [0.2, 0.25) is 5.91 Å². The highest BCUT2D eigenvalue weighted by atomic mass is 35.5. The number of ether oxygens (including phenoxy) is 1. The SMILES string of the molecule is CCN1C(=O)C(c2ccc(F)c(OC)c2)C(Cl)N1CC. The predicted octanol–water partition coefficient (Wildman–Crippen LogP) is 2.58. The zero-order valence-electron chi connectivity index (χ0n) is 11.8. The first-order valence-electron chi connectivity index (χ1n) is 6.60. The van der Waals surface area contributed by atoms with E-state index in [0.29, 0.717) is 18.7 Å². The number of carbonyl (C=O) groups excluding carboxylic acids is 1. The minimum Gasteiger partial charge on any atom is -0.494 e. The van der Waals surface area contributed by atoms with E-state index in [-0.39, 0.29) is 11.7 Å². The molecule has 4 nitrogen and oxygen atoms in total. The quantitative estimate of drug-likeness (QED) is 0.633. The molecule has 0 aromatic heterocycles. The number of likely N-dealkylation sites (N-methyl/N-ethyl adjacent to an activating group) is 2. The van der Waals surface area contributed by atoms with Crippen LogP contribution in [0.25, 0.3) is 0 Å². The van der Waals surface area contributed by atoms with E-state index in [4.69, 9.17) is 16.3 Å². The molecule has 0 bridgehead atoms. The van der Waals surface area contributed by atoms with Gasteiger partial charge in [-0.3, -0.25) is 9.80 Å². The van der Waals surface area contributed by atoms with Crippen molar-refractivity contribution >= 4 is 17.5 Å². The number of hydrazine groups is 1. The lowest BCUT2D eigenvalue weighted by Crippen LogP contribution is -2.40. The van der Waals surface area contributed by atoms with Crippen molar-refractivity contribution in [2.75, 3.05) is 20.2 Å². The minimum atomic E-state index is -0.508. The van der Waals surface area contributed by atoms with Crippen LogP contribution in [0.15, 0.2) is 18.2 Å². The van der Waals surface area contributed by atoms with Crippen LogP contribution in [-0.4, -0.2) is 41.6 Å². The van der Waals surface area contributed by atoms with E-state index in [1.807, 2.05) is 18.9 Å². The summed E-state index contributed by atoms with van der Waals surface area (Å²) in [5, 5.41) is 3.46. The fourth-order valence-electron chi connectivity index (χ4n) is 2.56. The highest BCUT2D eigenvalue weighted by Gasteiger charge is 2.45. The van der Waals surface area contributed by atoms with Gasteiger partial charge in [0.05, 0.1) is 13.0 Å². The summed E-state index contributed by atoms with van der Waals surface area (Å²) in [6, 6.07) is 4.43. The van der Waals surface area contributed by atoms with Crippen LogP contribution in [0.5, 0.6) is 5.75 Å². The molecule has 1 aliphatic rings. The summed E-state index contributed by atoms with van der Waals surface area (Å²) in [6.45, 7) is 5.05. The Balaban J connectivity index is 2.39. The summed E-state index contributed by atoms with van der Waals surface area (Å²) in [4.78, 5) is 12.5. The van der Waals surface area contributed by atoms with Crippen molar-refractivity contribution in [3.63, 3.8) is 0 Å². The molecular formula is C14H18ClFN2O2. The van der Waals surface area contributed by atoms with E-state index in [2.05, 4.69) is 0 Å². The number of methoxy groups -OCH3 is 1. The number of halogens is 2. The van der Waals surface area contributed by atoms with Gasteiger partial charge in [-0.25, -0.2) is 4.39 Å². The van der Waals surface area contributed by atoms with Crippen molar-refractivity contribution in [2.24, 2.45) is 0 Å². The lowest BCUT2D eigenvalue weighted by Gasteiger charge is -2.27. The molecule has 0 saturated carbocycles. The van der Waals surface area contributed by atoms with E-state index in [1.54, 1.807) is 17.1 Å². The molecule has 1 saturated heterocycles. The van der Waals surface area contributed by atoms with Crippen LogP contribution in [-0.2, 0) is 4.79 Å². The second kappa shape index (κ2) is 5.97. The Morgan fingerprint density at radius 1 is 1.35 bits per heavy atom. The average molecular weight is 301 g/mol. The predicted molar refractivity (Wildman–Crippen MR) is 75.1 cm³/mol. The van der Waals surface area contributed by atoms with Gasteiger partial charge in [-0.15, -0.1) is 11.6 Å². The van der Waals surface area contributed by atoms with Crippen LogP contribution in [0, 0.1) is 5.82 Å². The smallest absolute Gasteiger partial charge is 0.247 e. The molecule has 1 amide bonds. The van der Waals surface area contributed by atoms with Crippen LogP contribution < -0.4 is 4.74 Å². The second-order valence-electron chi connectivity index (χ2n) is 4.55. The average Bonchev–Trinajstić information content (AvgIpc) is 2.69. The number of carbonyl (C=O) groups is 1. The maximum absolute atomic E-state index is 13.5. The van der Waals surface area contributed by atoms with Gasteiger partial charge in [-0.05, 0) is 24.6 Å². The Hall–Kier alpha value is -1.33. The lowest BCUT2D eigenvalue weighted by atomic mass is 9.98. The lowest BCUT2D eigenvalue weighted by molar-refractivity contribution is -0.138. The number of rotatable bonds is 4. The molecule has 0 N–H and O–H groups in total. The molecule has 1 aromatic carbocycles. The van der Waals surface area contributed by atoms with Gasteiger partial charge in [-0.2, -0.15) is 5.01 Å². The monoisotopic (exact) mass is 300 g/mol. The third-order valence-electron chi connectivity index (χ3n) is 3.55. The molecule has 0 spiro atoms. The summed E-state index contributed by atoms with van der Waals surface area (Å²) >= 11 is 6.41. The Morgan fingerprint density at radius 2 is 2.05 bits per heavy atom. The van der Waals surface area contributed by atoms with Crippen LogP contribution in [0.3, 0.4) is 0 Å². The van der Waals surface area contributed by atoms with E-state index < -0.39 is 17.2 Å². The zero-order valence-corrected chi connectivity index (χ0v) is 12.5.